The van der Waals surface area contributed by atoms with Crippen LogP contribution in [0.4, 0.5) is 0 Å². The van der Waals surface area contributed by atoms with Gasteiger partial charge in [-0.2, -0.15) is 0 Å². The number of carbonyl (C=O) groups is 3. The molecular weight excluding hydrogens is 242 g/mol. The Labute approximate surface area is 105 Å². The molecule has 5 nitrogen and oxygen atoms in total. The average molecular weight is 259 g/mol. The molecule has 1 aliphatic heterocycles. The summed E-state index contributed by atoms with van der Waals surface area (Å²) < 4.78 is 0. The molecule has 2 unspecified atom stereocenters. The number of hydrogen-bond acceptors (Lipinski definition) is 4. The van der Waals surface area contributed by atoms with Gasteiger partial charge in [0.15, 0.2) is 5.12 Å². The van der Waals surface area contributed by atoms with E-state index < -0.39 is 12.0 Å². The van der Waals surface area contributed by atoms with Crippen molar-refractivity contribution in [2.75, 3.05) is 6.54 Å². The van der Waals surface area contributed by atoms with E-state index in [4.69, 9.17) is 5.11 Å². The molecule has 1 heterocycles. The van der Waals surface area contributed by atoms with E-state index in [-0.39, 0.29) is 22.7 Å². The second-order valence-corrected chi connectivity index (χ2v) is 5.60. The van der Waals surface area contributed by atoms with Gasteiger partial charge in [0.05, 0.1) is 0 Å². The normalized spacial score (nSPS) is 21.6. The highest BCUT2D eigenvalue weighted by Crippen LogP contribution is 2.26. The lowest BCUT2D eigenvalue weighted by Gasteiger charge is -2.24. The predicted molar refractivity (Wildman–Crippen MR) is 64.7 cm³/mol. The van der Waals surface area contributed by atoms with Crippen LogP contribution in [0.3, 0.4) is 0 Å². The smallest absolute Gasteiger partial charge is 0.326 e. The standard InChI is InChI=1S/C11H17NO4S/c1-3-4-9(11(15)16)12-6-8(5-10(12)14)17-7(2)13/h8-9H,3-6H2,1-2H3,(H,15,16). The zero-order valence-electron chi connectivity index (χ0n) is 10.0. The van der Waals surface area contributed by atoms with Crippen LogP contribution >= 0.6 is 11.8 Å². The Morgan fingerprint density at radius 2 is 2.24 bits per heavy atom. The third-order valence-electron chi connectivity index (χ3n) is 2.68. The van der Waals surface area contributed by atoms with Crippen LogP contribution < -0.4 is 0 Å². The lowest BCUT2D eigenvalue weighted by Crippen LogP contribution is -2.42. The lowest BCUT2D eigenvalue weighted by molar-refractivity contribution is -0.148. The van der Waals surface area contributed by atoms with E-state index in [2.05, 4.69) is 0 Å². The molecule has 0 aromatic rings. The van der Waals surface area contributed by atoms with Gasteiger partial charge in [-0.3, -0.25) is 9.59 Å². The third-order valence-corrected chi connectivity index (χ3v) is 3.66. The maximum Gasteiger partial charge on any atom is 0.326 e. The molecule has 1 aliphatic rings. The molecule has 0 aliphatic carbocycles. The Morgan fingerprint density at radius 1 is 1.59 bits per heavy atom. The third kappa shape index (κ3) is 3.73. The van der Waals surface area contributed by atoms with Gasteiger partial charge in [0.1, 0.15) is 6.04 Å². The Morgan fingerprint density at radius 3 is 2.71 bits per heavy atom. The van der Waals surface area contributed by atoms with Crippen molar-refractivity contribution in [2.45, 2.75) is 44.4 Å². The molecule has 17 heavy (non-hydrogen) atoms. The van der Waals surface area contributed by atoms with Crippen LogP contribution in [0.15, 0.2) is 0 Å². The average Bonchev–Trinajstić information content (AvgIpc) is 2.54. The first-order valence-electron chi connectivity index (χ1n) is 5.65. The molecule has 0 aromatic heterocycles. The number of carboxylic acid groups (broad SMARTS) is 1. The van der Waals surface area contributed by atoms with E-state index in [9.17, 15) is 14.4 Å². The number of carbonyl (C=O) groups excluding carboxylic acids is 2. The zero-order chi connectivity index (χ0) is 13.0. The van der Waals surface area contributed by atoms with Crippen LogP contribution in [-0.2, 0) is 14.4 Å². The van der Waals surface area contributed by atoms with Crippen molar-refractivity contribution in [3.63, 3.8) is 0 Å². The van der Waals surface area contributed by atoms with Crippen LogP contribution in [0.25, 0.3) is 0 Å². The van der Waals surface area contributed by atoms with Crippen molar-refractivity contribution < 1.29 is 19.5 Å². The van der Waals surface area contributed by atoms with Gasteiger partial charge in [-0.05, 0) is 6.42 Å². The van der Waals surface area contributed by atoms with Crippen molar-refractivity contribution in [1.29, 1.82) is 0 Å². The van der Waals surface area contributed by atoms with Gasteiger partial charge >= 0.3 is 5.97 Å². The summed E-state index contributed by atoms with van der Waals surface area (Å²) >= 11 is 1.12. The first-order valence-corrected chi connectivity index (χ1v) is 6.53. The van der Waals surface area contributed by atoms with Crippen LogP contribution in [0.1, 0.15) is 33.1 Å². The number of nitrogens with zero attached hydrogens (tertiary/aromatic N) is 1. The summed E-state index contributed by atoms with van der Waals surface area (Å²) in [6.45, 7) is 3.71. The molecule has 0 bridgehead atoms. The van der Waals surface area contributed by atoms with Crippen LogP contribution in [0.2, 0.25) is 0 Å². The van der Waals surface area contributed by atoms with Gasteiger partial charge in [-0.25, -0.2) is 4.79 Å². The maximum atomic E-state index is 11.7. The highest BCUT2D eigenvalue weighted by atomic mass is 32.2. The maximum absolute atomic E-state index is 11.7. The largest absolute Gasteiger partial charge is 0.480 e. The monoisotopic (exact) mass is 259 g/mol. The van der Waals surface area contributed by atoms with Crippen molar-refractivity contribution in [1.82, 2.24) is 4.90 Å². The topological polar surface area (TPSA) is 74.7 Å². The van der Waals surface area contributed by atoms with E-state index >= 15 is 0 Å². The number of aliphatic carboxylic acids is 1. The van der Waals surface area contributed by atoms with E-state index in [1.807, 2.05) is 6.92 Å². The highest BCUT2D eigenvalue weighted by molar-refractivity contribution is 8.14. The fraction of sp³-hybridized carbons (Fsp3) is 0.727. The molecule has 96 valence electrons. The number of hydrogen-bond donors (Lipinski definition) is 1. The summed E-state index contributed by atoms with van der Waals surface area (Å²) in [6.07, 6.45) is 1.43. The molecular formula is C11H17NO4S. The van der Waals surface area contributed by atoms with Gasteiger partial charge in [-0.1, -0.05) is 25.1 Å². The SMILES string of the molecule is CCCC(C(=O)O)N1CC(SC(C)=O)CC1=O. The van der Waals surface area contributed by atoms with Crippen LogP contribution in [0.5, 0.6) is 0 Å². The summed E-state index contributed by atoms with van der Waals surface area (Å²) in [7, 11) is 0. The summed E-state index contributed by atoms with van der Waals surface area (Å²) in [4.78, 5) is 35.2. The van der Waals surface area contributed by atoms with E-state index in [1.165, 1.54) is 11.8 Å². The Bertz CT molecular complexity index is 331. The Hall–Kier alpha value is -1.04. The molecule has 0 radical (unpaired) electrons. The fourth-order valence-corrected chi connectivity index (χ4v) is 2.93. The Kier molecular flexibility index (Phi) is 4.99. The van der Waals surface area contributed by atoms with Gasteiger partial charge in [0.2, 0.25) is 5.91 Å². The zero-order valence-corrected chi connectivity index (χ0v) is 10.8. The highest BCUT2D eigenvalue weighted by Gasteiger charge is 2.37. The quantitative estimate of drug-likeness (QED) is 0.800. The van der Waals surface area contributed by atoms with Gasteiger partial charge in [-0.15, -0.1) is 0 Å². The van der Waals surface area contributed by atoms with E-state index in [0.29, 0.717) is 19.4 Å². The van der Waals surface area contributed by atoms with Crippen LogP contribution in [0, 0.1) is 0 Å². The Balaban J connectivity index is 2.67. The first-order chi connectivity index (χ1) is 7.95. The van der Waals surface area contributed by atoms with Gasteiger partial charge in [0.25, 0.3) is 0 Å². The molecule has 1 N–H and O–H groups in total. The number of amides is 1. The van der Waals surface area contributed by atoms with E-state index in [1.54, 1.807) is 0 Å². The minimum Gasteiger partial charge on any atom is -0.480 e. The number of thioether (sulfide) groups is 1. The first kappa shape index (κ1) is 14.0. The summed E-state index contributed by atoms with van der Waals surface area (Å²) in [5, 5.41) is 8.95. The second kappa shape index (κ2) is 6.05. The molecule has 0 aromatic carbocycles. The molecule has 1 saturated heterocycles. The minimum absolute atomic E-state index is 0.0352. The van der Waals surface area contributed by atoms with E-state index in [0.717, 1.165) is 11.8 Å². The van der Waals surface area contributed by atoms with Gasteiger partial charge < -0.3 is 10.0 Å². The minimum atomic E-state index is -0.964. The molecule has 1 fully saturated rings. The summed E-state index contributed by atoms with van der Waals surface area (Å²) in [5.74, 6) is -1.13. The predicted octanol–water partition coefficient (Wildman–Crippen LogP) is 1.12. The number of likely N-dealkylation sites (tertiary alicyclic amines) is 1. The summed E-state index contributed by atoms with van der Waals surface area (Å²) in [6, 6.07) is -0.745. The van der Waals surface area contributed by atoms with Crippen molar-refractivity contribution >= 4 is 28.8 Å². The molecule has 1 rings (SSSR count). The van der Waals surface area contributed by atoms with Gasteiger partial charge in [0, 0.05) is 25.1 Å². The second-order valence-electron chi connectivity index (χ2n) is 4.12. The molecule has 0 saturated carbocycles. The molecule has 2 atom stereocenters. The summed E-state index contributed by atoms with van der Waals surface area (Å²) in [5.41, 5.74) is 0. The van der Waals surface area contributed by atoms with Crippen LogP contribution in [-0.4, -0.2) is 44.8 Å². The lowest BCUT2D eigenvalue weighted by atomic mass is 10.1. The molecule has 0 spiro atoms. The number of rotatable bonds is 5. The molecule has 6 heteroatoms. The van der Waals surface area contributed by atoms with Crippen molar-refractivity contribution in [2.24, 2.45) is 0 Å². The molecule has 1 amide bonds. The fourth-order valence-electron chi connectivity index (χ4n) is 2.00. The number of carboxylic acids is 1. The van der Waals surface area contributed by atoms with Crippen molar-refractivity contribution in [3.05, 3.63) is 0 Å². The van der Waals surface area contributed by atoms with Crippen molar-refractivity contribution in [3.8, 4) is 0 Å².